The SMILES string of the molecule is O=C(CN1C(=O)NC2(CCCC2)C1=O)N[C@@H](c1ccccc1)c1cccs1. The van der Waals surface area contributed by atoms with Crippen molar-refractivity contribution in [3.05, 3.63) is 58.3 Å². The van der Waals surface area contributed by atoms with Crippen molar-refractivity contribution < 1.29 is 14.4 Å². The molecule has 1 aliphatic heterocycles. The molecule has 4 amide bonds. The largest absolute Gasteiger partial charge is 0.343 e. The Morgan fingerprint density at radius 1 is 1.15 bits per heavy atom. The van der Waals surface area contributed by atoms with Crippen LogP contribution >= 0.6 is 11.3 Å². The van der Waals surface area contributed by atoms with E-state index in [1.165, 1.54) is 0 Å². The minimum absolute atomic E-state index is 0.263. The summed E-state index contributed by atoms with van der Waals surface area (Å²) in [5.74, 6) is -0.622. The predicted octanol–water partition coefficient (Wildman–Crippen LogP) is 2.82. The number of thiophene rings is 1. The minimum Gasteiger partial charge on any atom is -0.343 e. The first-order chi connectivity index (χ1) is 13.1. The van der Waals surface area contributed by atoms with Crippen LogP contribution < -0.4 is 10.6 Å². The minimum atomic E-state index is -0.788. The molecule has 1 spiro atoms. The summed E-state index contributed by atoms with van der Waals surface area (Å²) in [6.07, 6.45) is 3.14. The van der Waals surface area contributed by atoms with Crippen molar-refractivity contribution in [3.63, 3.8) is 0 Å². The molecule has 0 bridgehead atoms. The molecule has 1 saturated heterocycles. The van der Waals surface area contributed by atoms with Gasteiger partial charge < -0.3 is 10.6 Å². The van der Waals surface area contributed by atoms with Gasteiger partial charge in [0.25, 0.3) is 5.91 Å². The number of benzene rings is 1. The van der Waals surface area contributed by atoms with E-state index >= 15 is 0 Å². The molecule has 6 nitrogen and oxygen atoms in total. The standard InChI is InChI=1S/C20H21N3O3S/c24-16(13-23-18(25)20(22-19(23)26)10-4-5-11-20)21-17(15-9-6-12-27-15)14-7-2-1-3-8-14/h1-3,6-9,12,17H,4-5,10-11,13H2,(H,21,24)(H,22,26)/t17-/m0/s1. The zero-order chi connectivity index (χ0) is 18.9. The molecule has 2 aliphatic rings. The number of hydrogen-bond donors (Lipinski definition) is 2. The Labute approximate surface area is 161 Å². The lowest BCUT2D eigenvalue weighted by molar-refractivity contribution is -0.135. The van der Waals surface area contributed by atoms with Crippen molar-refractivity contribution in [2.45, 2.75) is 37.3 Å². The molecule has 0 radical (unpaired) electrons. The fourth-order valence-electron chi connectivity index (χ4n) is 3.91. The predicted molar refractivity (Wildman–Crippen MR) is 102 cm³/mol. The van der Waals surface area contributed by atoms with Gasteiger partial charge in [0, 0.05) is 4.88 Å². The number of hydrogen-bond acceptors (Lipinski definition) is 4. The molecule has 1 aliphatic carbocycles. The molecule has 2 N–H and O–H groups in total. The molecular formula is C20H21N3O3S. The second kappa shape index (κ2) is 7.15. The lowest BCUT2D eigenvalue weighted by Crippen LogP contribution is -2.45. The number of rotatable bonds is 5. The smallest absolute Gasteiger partial charge is 0.325 e. The number of imide groups is 1. The Morgan fingerprint density at radius 3 is 2.56 bits per heavy atom. The zero-order valence-corrected chi connectivity index (χ0v) is 15.6. The summed E-state index contributed by atoms with van der Waals surface area (Å²) in [6, 6.07) is 12.8. The van der Waals surface area contributed by atoms with Crippen molar-refractivity contribution in [3.8, 4) is 0 Å². The van der Waals surface area contributed by atoms with E-state index in [1.54, 1.807) is 11.3 Å². The molecule has 2 heterocycles. The molecule has 1 saturated carbocycles. The quantitative estimate of drug-likeness (QED) is 0.780. The van der Waals surface area contributed by atoms with Crippen molar-refractivity contribution in [1.29, 1.82) is 0 Å². The molecule has 7 heteroatoms. The van der Waals surface area contributed by atoms with Crippen LogP contribution in [0.5, 0.6) is 0 Å². The summed E-state index contributed by atoms with van der Waals surface area (Å²) in [5, 5.41) is 7.74. The van der Waals surface area contributed by atoms with Crippen molar-refractivity contribution in [1.82, 2.24) is 15.5 Å². The number of nitrogens with one attached hydrogen (secondary N) is 2. The Bertz CT molecular complexity index is 845. The zero-order valence-electron chi connectivity index (χ0n) is 14.8. The van der Waals surface area contributed by atoms with E-state index in [0.29, 0.717) is 12.8 Å². The molecule has 1 atom stereocenters. The fraction of sp³-hybridized carbons (Fsp3) is 0.350. The van der Waals surface area contributed by atoms with Crippen LogP contribution in [0, 0.1) is 0 Å². The Hall–Kier alpha value is -2.67. The van der Waals surface area contributed by atoms with Gasteiger partial charge >= 0.3 is 6.03 Å². The van der Waals surface area contributed by atoms with Gasteiger partial charge in [0.2, 0.25) is 5.91 Å². The average Bonchev–Trinajstić information content (AvgIpc) is 3.40. The third kappa shape index (κ3) is 3.35. The van der Waals surface area contributed by atoms with Gasteiger partial charge in [-0.1, -0.05) is 49.2 Å². The van der Waals surface area contributed by atoms with Crippen LogP contribution in [0.1, 0.15) is 42.2 Å². The highest BCUT2D eigenvalue weighted by molar-refractivity contribution is 7.10. The van der Waals surface area contributed by atoms with Gasteiger partial charge in [0.05, 0.1) is 6.04 Å². The topological polar surface area (TPSA) is 78.5 Å². The summed E-state index contributed by atoms with van der Waals surface area (Å²) < 4.78 is 0. The molecule has 0 unspecified atom stereocenters. The highest BCUT2D eigenvalue weighted by Crippen LogP contribution is 2.35. The Balaban J connectivity index is 1.49. The van der Waals surface area contributed by atoms with Gasteiger partial charge in [-0.25, -0.2) is 4.79 Å². The molecule has 140 valence electrons. The maximum absolute atomic E-state index is 12.7. The number of carbonyl (C=O) groups is 3. The lowest BCUT2D eigenvalue weighted by Gasteiger charge is -2.21. The maximum atomic E-state index is 12.7. The summed E-state index contributed by atoms with van der Waals surface area (Å²) in [4.78, 5) is 39.8. The molecule has 27 heavy (non-hydrogen) atoms. The first-order valence-electron chi connectivity index (χ1n) is 9.11. The highest BCUT2D eigenvalue weighted by atomic mass is 32.1. The van der Waals surface area contributed by atoms with Gasteiger partial charge in [0.15, 0.2) is 0 Å². The second-order valence-corrected chi connectivity index (χ2v) is 8.02. The van der Waals surface area contributed by atoms with Crippen LogP contribution in [-0.2, 0) is 9.59 Å². The van der Waals surface area contributed by atoms with Gasteiger partial charge in [-0.15, -0.1) is 11.3 Å². The van der Waals surface area contributed by atoms with Crippen molar-refractivity contribution >= 4 is 29.2 Å². The van der Waals surface area contributed by atoms with Gasteiger partial charge in [-0.05, 0) is 29.9 Å². The van der Waals surface area contributed by atoms with E-state index in [4.69, 9.17) is 0 Å². The molecule has 2 fully saturated rings. The normalized spacial score (nSPS) is 19.3. The maximum Gasteiger partial charge on any atom is 0.325 e. The summed E-state index contributed by atoms with van der Waals surface area (Å²) >= 11 is 1.55. The van der Waals surface area contributed by atoms with E-state index in [0.717, 1.165) is 28.2 Å². The number of carbonyl (C=O) groups excluding carboxylic acids is 3. The summed E-state index contributed by atoms with van der Waals surface area (Å²) in [5.41, 5.74) is 0.169. The number of amides is 4. The van der Waals surface area contributed by atoms with Crippen LogP contribution in [0.3, 0.4) is 0 Å². The third-order valence-corrected chi connectivity index (χ3v) is 6.21. The average molecular weight is 383 g/mol. The third-order valence-electron chi connectivity index (χ3n) is 5.27. The summed E-state index contributed by atoms with van der Waals surface area (Å²) in [7, 11) is 0. The van der Waals surface area contributed by atoms with Crippen LogP contribution in [0.4, 0.5) is 4.79 Å². The van der Waals surface area contributed by atoms with Gasteiger partial charge in [-0.2, -0.15) is 0 Å². The van der Waals surface area contributed by atoms with E-state index in [9.17, 15) is 14.4 Å². The van der Waals surface area contributed by atoms with Crippen LogP contribution in [-0.4, -0.2) is 34.8 Å². The number of urea groups is 1. The van der Waals surface area contributed by atoms with Crippen LogP contribution in [0.2, 0.25) is 0 Å². The second-order valence-electron chi connectivity index (χ2n) is 7.04. The van der Waals surface area contributed by atoms with E-state index in [-0.39, 0.29) is 24.4 Å². The fourth-order valence-corrected chi connectivity index (χ4v) is 4.71. The lowest BCUT2D eigenvalue weighted by atomic mass is 9.98. The summed E-state index contributed by atoms with van der Waals surface area (Å²) in [6.45, 7) is -0.263. The first kappa shape index (κ1) is 17.7. The van der Waals surface area contributed by atoms with E-state index < -0.39 is 11.6 Å². The first-order valence-corrected chi connectivity index (χ1v) is 9.99. The molecule has 1 aromatic heterocycles. The van der Waals surface area contributed by atoms with Crippen molar-refractivity contribution in [2.75, 3.05) is 6.54 Å². The highest BCUT2D eigenvalue weighted by Gasteiger charge is 2.52. The van der Waals surface area contributed by atoms with Crippen molar-refractivity contribution in [2.24, 2.45) is 0 Å². The van der Waals surface area contributed by atoms with Gasteiger partial charge in [-0.3, -0.25) is 14.5 Å². The van der Waals surface area contributed by atoms with E-state index in [1.807, 2.05) is 47.8 Å². The molecule has 2 aromatic rings. The number of nitrogens with zero attached hydrogens (tertiary/aromatic N) is 1. The van der Waals surface area contributed by atoms with Crippen LogP contribution in [0.15, 0.2) is 47.8 Å². The van der Waals surface area contributed by atoms with Crippen LogP contribution in [0.25, 0.3) is 0 Å². The Morgan fingerprint density at radius 2 is 1.89 bits per heavy atom. The molecule has 4 rings (SSSR count). The monoisotopic (exact) mass is 383 g/mol. The van der Waals surface area contributed by atoms with E-state index in [2.05, 4.69) is 10.6 Å². The molecule has 1 aromatic carbocycles. The molecular weight excluding hydrogens is 362 g/mol. The Kier molecular flexibility index (Phi) is 4.70. The van der Waals surface area contributed by atoms with Gasteiger partial charge in [0.1, 0.15) is 12.1 Å².